The lowest BCUT2D eigenvalue weighted by Crippen LogP contribution is -2.49. The number of ether oxygens (including phenoxy) is 1. The van der Waals surface area contributed by atoms with Gasteiger partial charge < -0.3 is 15.0 Å². The Morgan fingerprint density at radius 3 is 2.03 bits per heavy atom. The zero-order valence-corrected chi connectivity index (χ0v) is 18.1. The third-order valence-corrected chi connectivity index (χ3v) is 4.71. The van der Waals surface area contributed by atoms with E-state index in [1.165, 1.54) is 0 Å². The molecule has 0 aliphatic carbocycles. The second-order valence-electron chi connectivity index (χ2n) is 7.92. The van der Waals surface area contributed by atoms with Crippen molar-refractivity contribution in [2.24, 2.45) is 5.92 Å². The summed E-state index contributed by atoms with van der Waals surface area (Å²) in [5, 5.41) is 2.92. The van der Waals surface area contributed by atoms with Crippen LogP contribution >= 0.6 is 0 Å². The van der Waals surface area contributed by atoms with Gasteiger partial charge in [-0.05, 0) is 44.4 Å². The predicted molar refractivity (Wildman–Crippen MR) is 116 cm³/mol. The third-order valence-electron chi connectivity index (χ3n) is 4.71. The molecule has 5 heteroatoms. The highest BCUT2D eigenvalue weighted by Gasteiger charge is 2.26. The van der Waals surface area contributed by atoms with Crippen molar-refractivity contribution in [3.63, 3.8) is 0 Å². The quantitative estimate of drug-likeness (QED) is 0.700. The van der Waals surface area contributed by atoms with Crippen LogP contribution in [0.2, 0.25) is 0 Å². The molecule has 0 saturated carbocycles. The molecule has 156 valence electrons. The van der Waals surface area contributed by atoms with Crippen molar-refractivity contribution in [1.82, 2.24) is 10.2 Å². The molecule has 0 unspecified atom stereocenters. The molecule has 0 aliphatic heterocycles. The summed E-state index contributed by atoms with van der Waals surface area (Å²) in [7, 11) is 0. The Morgan fingerprint density at radius 1 is 0.931 bits per heavy atom. The van der Waals surface area contributed by atoms with Gasteiger partial charge in [0.1, 0.15) is 11.8 Å². The fourth-order valence-electron chi connectivity index (χ4n) is 2.79. The average molecular weight is 397 g/mol. The van der Waals surface area contributed by atoms with Crippen molar-refractivity contribution < 1.29 is 14.3 Å². The van der Waals surface area contributed by atoms with Gasteiger partial charge in [-0.15, -0.1) is 0 Å². The van der Waals surface area contributed by atoms with Crippen molar-refractivity contribution in [3.05, 3.63) is 65.2 Å². The summed E-state index contributed by atoms with van der Waals surface area (Å²) in [6.45, 7) is 10.7. The molecule has 0 bridgehead atoms. The normalized spacial score (nSPS) is 11.8. The summed E-state index contributed by atoms with van der Waals surface area (Å²) < 4.78 is 5.67. The maximum Gasteiger partial charge on any atom is 0.261 e. The second kappa shape index (κ2) is 10.6. The van der Waals surface area contributed by atoms with E-state index < -0.39 is 6.04 Å². The van der Waals surface area contributed by atoms with Crippen LogP contribution in [0.4, 0.5) is 0 Å². The summed E-state index contributed by atoms with van der Waals surface area (Å²) in [5.74, 6) is 0.598. The molecule has 2 rings (SSSR count). The molecular weight excluding hydrogens is 364 g/mol. The highest BCUT2D eigenvalue weighted by Crippen LogP contribution is 2.14. The van der Waals surface area contributed by atoms with Crippen LogP contribution in [0.1, 0.15) is 37.5 Å². The topological polar surface area (TPSA) is 58.6 Å². The molecule has 0 spiro atoms. The van der Waals surface area contributed by atoms with Crippen molar-refractivity contribution in [1.29, 1.82) is 0 Å². The maximum absolute atomic E-state index is 13.0. The number of rotatable bonds is 9. The number of hydrogen-bond donors (Lipinski definition) is 1. The summed E-state index contributed by atoms with van der Waals surface area (Å²) in [6.07, 6.45) is 0. The van der Waals surface area contributed by atoms with E-state index in [9.17, 15) is 9.59 Å². The monoisotopic (exact) mass is 396 g/mol. The van der Waals surface area contributed by atoms with Gasteiger partial charge in [0, 0.05) is 13.1 Å². The van der Waals surface area contributed by atoms with Crippen LogP contribution in [0, 0.1) is 19.8 Å². The Labute approximate surface area is 174 Å². The molecule has 0 aliphatic rings. The molecule has 5 nitrogen and oxygen atoms in total. The molecule has 0 fully saturated rings. The van der Waals surface area contributed by atoms with Crippen LogP contribution in [-0.4, -0.2) is 35.9 Å². The molecule has 1 N–H and O–H groups in total. The summed E-state index contributed by atoms with van der Waals surface area (Å²) in [4.78, 5) is 27.1. The lowest BCUT2D eigenvalue weighted by atomic mass is 10.1. The van der Waals surface area contributed by atoms with Crippen molar-refractivity contribution >= 4 is 11.8 Å². The fraction of sp³-hybridized carbons (Fsp3) is 0.417. The maximum atomic E-state index is 13.0. The molecule has 2 aromatic rings. The molecule has 0 heterocycles. The van der Waals surface area contributed by atoms with Crippen molar-refractivity contribution in [2.75, 3.05) is 13.2 Å². The first kappa shape index (κ1) is 22.5. The molecule has 2 aromatic carbocycles. The van der Waals surface area contributed by atoms with Gasteiger partial charge >= 0.3 is 0 Å². The zero-order valence-electron chi connectivity index (χ0n) is 18.1. The number of amides is 2. The van der Waals surface area contributed by atoms with Gasteiger partial charge in [0.25, 0.3) is 5.91 Å². The minimum Gasteiger partial charge on any atom is -0.484 e. The van der Waals surface area contributed by atoms with Gasteiger partial charge in [0.2, 0.25) is 5.91 Å². The SMILES string of the molecule is Cc1ccc(CN(C(=O)COc2ccc(C)cc2)[C@@H](C)C(=O)NCC(C)C)cc1. The van der Waals surface area contributed by atoms with Gasteiger partial charge in [-0.2, -0.15) is 0 Å². The lowest BCUT2D eigenvalue weighted by molar-refractivity contribution is -0.142. The fourth-order valence-corrected chi connectivity index (χ4v) is 2.79. The van der Waals surface area contributed by atoms with E-state index in [0.717, 1.165) is 16.7 Å². The standard InChI is InChI=1S/C24H32N2O3/c1-17(2)14-25-24(28)20(5)26(15-21-10-6-18(3)7-11-21)23(27)16-29-22-12-8-19(4)9-13-22/h6-13,17,20H,14-16H2,1-5H3,(H,25,28)/t20-/m0/s1. The number of carbonyl (C=O) groups is 2. The van der Waals surface area contributed by atoms with Crippen LogP contribution in [-0.2, 0) is 16.1 Å². The predicted octanol–water partition coefficient (Wildman–Crippen LogP) is 3.87. The third kappa shape index (κ3) is 7.26. The minimum absolute atomic E-state index is 0.114. The summed E-state index contributed by atoms with van der Waals surface area (Å²) in [5.41, 5.74) is 3.25. The Bertz CT molecular complexity index is 798. The van der Waals surface area contributed by atoms with E-state index >= 15 is 0 Å². The van der Waals surface area contributed by atoms with E-state index in [1.807, 2.05) is 76.2 Å². The minimum atomic E-state index is -0.593. The van der Waals surface area contributed by atoms with Gasteiger partial charge in [0.05, 0.1) is 0 Å². The largest absolute Gasteiger partial charge is 0.484 e. The van der Waals surface area contributed by atoms with Crippen LogP contribution in [0.15, 0.2) is 48.5 Å². The van der Waals surface area contributed by atoms with Gasteiger partial charge in [-0.25, -0.2) is 0 Å². The van der Waals surface area contributed by atoms with E-state index in [0.29, 0.717) is 24.8 Å². The van der Waals surface area contributed by atoms with E-state index in [4.69, 9.17) is 4.74 Å². The van der Waals surface area contributed by atoms with Crippen LogP contribution < -0.4 is 10.1 Å². The number of carbonyl (C=O) groups excluding carboxylic acids is 2. The first-order valence-electron chi connectivity index (χ1n) is 10.1. The molecule has 0 saturated heterocycles. The molecular formula is C24H32N2O3. The van der Waals surface area contributed by atoms with E-state index in [-0.39, 0.29) is 18.4 Å². The number of nitrogens with one attached hydrogen (secondary N) is 1. The Morgan fingerprint density at radius 2 is 1.48 bits per heavy atom. The zero-order chi connectivity index (χ0) is 21.4. The number of benzene rings is 2. The Balaban J connectivity index is 2.10. The summed E-state index contributed by atoms with van der Waals surface area (Å²) >= 11 is 0. The van der Waals surface area contributed by atoms with Gasteiger partial charge in [-0.3, -0.25) is 9.59 Å². The second-order valence-corrected chi connectivity index (χ2v) is 7.92. The number of aryl methyl sites for hydroxylation is 2. The van der Waals surface area contributed by atoms with Crippen molar-refractivity contribution in [3.8, 4) is 5.75 Å². The first-order valence-corrected chi connectivity index (χ1v) is 10.1. The smallest absolute Gasteiger partial charge is 0.261 e. The van der Waals surface area contributed by atoms with Crippen LogP contribution in [0.5, 0.6) is 5.75 Å². The van der Waals surface area contributed by atoms with Crippen LogP contribution in [0.25, 0.3) is 0 Å². The number of nitrogens with zero attached hydrogens (tertiary/aromatic N) is 1. The number of hydrogen-bond acceptors (Lipinski definition) is 3. The highest BCUT2D eigenvalue weighted by atomic mass is 16.5. The van der Waals surface area contributed by atoms with E-state index in [1.54, 1.807) is 11.8 Å². The molecule has 0 aromatic heterocycles. The van der Waals surface area contributed by atoms with Crippen molar-refractivity contribution in [2.45, 2.75) is 47.2 Å². The molecule has 1 atom stereocenters. The molecule has 29 heavy (non-hydrogen) atoms. The Hall–Kier alpha value is -2.82. The average Bonchev–Trinajstić information content (AvgIpc) is 2.70. The first-order chi connectivity index (χ1) is 13.8. The Kier molecular flexibility index (Phi) is 8.25. The summed E-state index contributed by atoms with van der Waals surface area (Å²) in [6, 6.07) is 14.9. The van der Waals surface area contributed by atoms with Crippen LogP contribution in [0.3, 0.4) is 0 Å². The lowest BCUT2D eigenvalue weighted by Gasteiger charge is -2.29. The van der Waals surface area contributed by atoms with Gasteiger partial charge in [0.15, 0.2) is 6.61 Å². The molecule has 2 amide bonds. The van der Waals surface area contributed by atoms with E-state index in [2.05, 4.69) is 5.32 Å². The highest BCUT2D eigenvalue weighted by molar-refractivity contribution is 5.87. The van der Waals surface area contributed by atoms with Gasteiger partial charge in [-0.1, -0.05) is 61.4 Å². The molecule has 0 radical (unpaired) electrons.